The largest absolute Gasteiger partial charge is 0.450 e. The molecule has 4 heteroatoms. The molecule has 5 aliphatic rings. The molecule has 1 N–H and O–H groups in total. The minimum atomic E-state index is -0.254. The van der Waals surface area contributed by atoms with Gasteiger partial charge in [0.05, 0.1) is 6.04 Å². The van der Waals surface area contributed by atoms with Gasteiger partial charge in [0, 0.05) is 30.6 Å². The normalized spacial score (nSPS) is 44.6. The van der Waals surface area contributed by atoms with E-state index < -0.39 is 0 Å². The summed E-state index contributed by atoms with van der Waals surface area (Å²) in [5.74, 6) is -0.0947. The zero-order valence-electron chi connectivity index (χ0n) is 13.2. The first-order valence-corrected chi connectivity index (χ1v) is 9.22. The molecule has 0 aromatic heterocycles. The quantitative estimate of drug-likeness (QED) is 0.794. The minimum Gasteiger partial charge on any atom is -0.450 e. The van der Waals surface area contributed by atoms with E-state index >= 15 is 0 Å². The van der Waals surface area contributed by atoms with Crippen molar-refractivity contribution in [1.82, 2.24) is 10.2 Å². The molecule has 3 heterocycles. The van der Waals surface area contributed by atoms with Gasteiger partial charge in [0.2, 0.25) is 0 Å². The maximum Gasteiger partial charge on any atom is 0.331 e. The van der Waals surface area contributed by atoms with E-state index in [0.29, 0.717) is 24.2 Å². The van der Waals surface area contributed by atoms with Gasteiger partial charge < -0.3 is 10.1 Å². The number of carbonyl (C=O) groups is 1. The summed E-state index contributed by atoms with van der Waals surface area (Å²) >= 11 is 0. The van der Waals surface area contributed by atoms with Crippen LogP contribution in [0.5, 0.6) is 0 Å². The van der Waals surface area contributed by atoms with E-state index in [1.165, 1.54) is 57.1 Å². The van der Waals surface area contributed by atoms with Crippen molar-refractivity contribution in [3.8, 4) is 0 Å². The molecule has 0 aromatic rings. The Hall–Kier alpha value is -0.870. The summed E-state index contributed by atoms with van der Waals surface area (Å²) in [7, 11) is 0. The first kappa shape index (κ1) is 13.6. The lowest BCUT2D eigenvalue weighted by Gasteiger charge is -2.38. The number of fused-ring (bicyclic) bond motifs is 3. The average Bonchev–Trinajstić information content (AvgIpc) is 3.19. The van der Waals surface area contributed by atoms with Gasteiger partial charge in [0.1, 0.15) is 0 Å². The van der Waals surface area contributed by atoms with Crippen molar-refractivity contribution in [3.63, 3.8) is 0 Å². The monoisotopic (exact) mass is 302 g/mol. The van der Waals surface area contributed by atoms with Crippen LogP contribution in [0.2, 0.25) is 0 Å². The molecule has 4 fully saturated rings. The predicted octanol–water partition coefficient (Wildman–Crippen LogP) is 2.14. The number of carbonyl (C=O) groups excluding carboxylic acids is 1. The minimum absolute atomic E-state index is 0.0947. The molecule has 120 valence electrons. The van der Waals surface area contributed by atoms with Crippen LogP contribution in [-0.4, -0.2) is 47.2 Å². The summed E-state index contributed by atoms with van der Waals surface area (Å²) in [4.78, 5) is 14.7. The molecular weight excluding hydrogens is 276 g/mol. The van der Waals surface area contributed by atoms with Crippen LogP contribution in [0.15, 0.2) is 11.6 Å². The van der Waals surface area contributed by atoms with Crippen molar-refractivity contribution in [2.45, 2.75) is 87.6 Å². The highest BCUT2D eigenvalue weighted by molar-refractivity contribution is 5.87. The lowest BCUT2D eigenvalue weighted by molar-refractivity contribution is -0.148. The summed E-state index contributed by atoms with van der Waals surface area (Å²) in [5, 5.41) is 3.95. The van der Waals surface area contributed by atoms with Crippen LogP contribution in [0, 0.1) is 0 Å². The van der Waals surface area contributed by atoms with E-state index in [1.54, 1.807) is 0 Å². The van der Waals surface area contributed by atoms with Crippen molar-refractivity contribution in [3.05, 3.63) is 11.6 Å². The molecule has 2 bridgehead atoms. The van der Waals surface area contributed by atoms with Crippen molar-refractivity contribution in [2.24, 2.45) is 0 Å². The molecule has 0 amide bonds. The zero-order valence-corrected chi connectivity index (χ0v) is 13.2. The van der Waals surface area contributed by atoms with Crippen molar-refractivity contribution < 1.29 is 9.53 Å². The van der Waals surface area contributed by atoms with Gasteiger partial charge in [-0.15, -0.1) is 0 Å². The lowest BCUT2D eigenvalue weighted by atomic mass is 9.75. The average molecular weight is 302 g/mol. The summed E-state index contributed by atoms with van der Waals surface area (Å²) < 4.78 is 5.93. The molecule has 4 nitrogen and oxygen atoms in total. The standard InChI is InChI=1S/C18H26N2O2/c21-17-10-12-9-14(19-13-5-1-2-6-13)15-11-18(12,22-17)16-7-3-4-8-20(15)16/h10,13-16,19H,1-9,11H2/t14?,15-,16?,18-/m0/s1. The summed E-state index contributed by atoms with van der Waals surface area (Å²) in [6.07, 6.45) is 13.0. The van der Waals surface area contributed by atoms with E-state index in [1.807, 2.05) is 6.08 Å². The van der Waals surface area contributed by atoms with Crippen molar-refractivity contribution >= 4 is 5.97 Å². The third-order valence-corrected chi connectivity index (χ3v) is 6.85. The van der Waals surface area contributed by atoms with Crippen LogP contribution < -0.4 is 5.32 Å². The Balaban J connectivity index is 1.47. The number of piperidine rings is 1. The second-order valence-corrected chi connectivity index (χ2v) is 7.96. The number of nitrogens with one attached hydrogen (secondary N) is 1. The summed E-state index contributed by atoms with van der Waals surface area (Å²) in [6, 6.07) is 2.22. The number of hydrogen-bond donors (Lipinski definition) is 1. The zero-order chi connectivity index (χ0) is 14.7. The number of hydrogen-bond acceptors (Lipinski definition) is 4. The van der Waals surface area contributed by atoms with Gasteiger partial charge in [-0.1, -0.05) is 19.3 Å². The topological polar surface area (TPSA) is 41.6 Å². The van der Waals surface area contributed by atoms with Crippen LogP contribution in [-0.2, 0) is 9.53 Å². The Bertz CT molecular complexity index is 525. The van der Waals surface area contributed by atoms with Crippen molar-refractivity contribution in [1.29, 1.82) is 0 Å². The maximum absolute atomic E-state index is 12.0. The van der Waals surface area contributed by atoms with Gasteiger partial charge in [-0.25, -0.2) is 4.79 Å². The summed E-state index contributed by atoms with van der Waals surface area (Å²) in [6.45, 7) is 1.19. The van der Waals surface area contributed by atoms with Gasteiger partial charge in [0.15, 0.2) is 5.60 Å². The van der Waals surface area contributed by atoms with Gasteiger partial charge in [0.25, 0.3) is 0 Å². The predicted molar refractivity (Wildman–Crippen MR) is 83.5 cm³/mol. The first-order chi connectivity index (χ1) is 10.8. The SMILES string of the molecule is O=C1C=C2CC(NC3CCCC3)[C@@H]3C[C@@]2(O1)C1CCCCN13. The number of ether oxygens (including phenoxy) is 1. The molecule has 0 aromatic carbocycles. The van der Waals surface area contributed by atoms with Crippen LogP contribution in [0.4, 0.5) is 0 Å². The molecule has 2 unspecified atom stereocenters. The van der Waals surface area contributed by atoms with Gasteiger partial charge >= 0.3 is 5.97 Å². The third kappa shape index (κ3) is 1.80. The van der Waals surface area contributed by atoms with E-state index in [-0.39, 0.29) is 11.6 Å². The lowest BCUT2D eigenvalue weighted by Crippen LogP contribution is -2.52. The van der Waals surface area contributed by atoms with E-state index in [2.05, 4.69) is 10.2 Å². The third-order valence-electron chi connectivity index (χ3n) is 6.85. The molecule has 0 radical (unpaired) electrons. The van der Waals surface area contributed by atoms with Crippen LogP contribution in [0.1, 0.15) is 57.8 Å². The highest BCUT2D eigenvalue weighted by Crippen LogP contribution is 2.54. The van der Waals surface area contributed by atoms with Gasteiger partial charge in [-0.2, -0.15) is 0 Å². The molecule has 1 spiro atoms. The molecule has 22 heavy (non-hydrogen) atoms. The number of nitrogens with zero attached hydrogens (tertiary/aromatic N) is 1. The highest BCUT2D eigenvalue weighted by Gasteiger charge is 2.63. The van der Waals surface area contributed by atoms with E-state index in [9.17, 15) is 4.79 Å². The molecule has 4 atom stereocenters. The van der Waals surface area contributed by atoms with Crippen LogP contribution in [0.3, 0.4) is 0 Å². The molecule has 2 aliphatic carbocycles. The fourth-order valence-electron chi connectivity index (χ4n) is 5.95. The highest BCUT2D eigenvalue weighted by atomic mass is 16.6. The van der Waals surface area contributed by atoms with Crippen LogP contribution >= 0.6 is 0 Å². The van der Waals surface area contributed by atoms with Gasteiger partial charge in [-0.05, 0) is 44.2 Å². The fourth-order valence-corrected chi connectivity index (χ4v) is 5.95. The molecule has 2 saturated heterocycles. The smallest absolute Gasteiger partial charge is 0.331 e. The van der Waals surface area contributed by atoms with Crippen molar-refractivity contribution in [2.75, 3.05) is 6.54 Å². The Kier molecular flexibility index (Phi) is 2.97. The van der Waals surface area contributed by atoms with E-state index in [0.717, 1.165) is 12.8 Å². The van der Waals surface area contributed by atoms with Crippen LogP contribution in [0.25, 0.3) is 0 Å². The fraction of sp³-hybridized carbons (Fsp3) is 0.833. The Morgan fingerprint density at radius 2 is 2.00 bits per heavy atom. The maximum atomic E-state index is 12.0. The molecular formula is C18H26N2O2. The molecule has 2 saturated carbocycles. The Morgan fingerprint density at radius 3 is 2.86 bits per heavy atom. The van der Waals surface area contributed by atoms with E-state index in [4.69, 9.17) is 4.74 Å². The van der Waals surface area contributed by atoms with Gasteiger partial charge in [-0.3, -0.25) is 4.90 Å². The number of rotatable bonds is 2. The Labute approximate surface area is 132 Å². The first-order valence-electron chi connectivity index (χ1n) is 9.22. The number of esters is 1. The molecule has 5 rings (SSSR count). The second kappa shape index (κ2) is 4.81. The second-order valence-electron chi connectivity index (χ2n) is 7.96. The molecule has 3 aliphatic heterocycles. The Morgan fingerprint density at radius 1 is 1.18 bits per heavy atom. The summed E-state index contributed by atoms with van der Waals surface area (Å²) in [5.41, 5.74) is 1.04.